The van der Waals surface area contributed by atoms with Gasteiger partial charge in [0.15, 0.2) is 20.1 Å². The van der Waals surface area contributed by atoms with Gasteiger partial charge in [0, 0.05) is 6.92 Å². The highest BCUT2D eigenvalue weighted by Crippen LogP contribution is 2.31. The average Bonchev–Trinajstić information content (AvgIpc) is 2.64. The van der Waals surface area contributed by atoms with Crippen molar-refractivity contribution < 1.29 is 8.99 Å². The Balaban J connectivity index is 2.49. The topological polar surface area (TPSA) is 13.1 Å². The summed E-state index contributed by atoms with van der Waals surface area (Å²) >= 11 is 1.84. The van der Waals surface area contributed by atoms with Gasteiger partial charge in [0.05, 0.1) is 4.88 Å². The molecule has 0 amide bonds. The van der Waals surface area contributed by atoms with Crippen molar-refractivity contribution >= 4 is 19.7 Å². The fourth-order valence-electron chi connectivity index (χ4n) is 2.17. The molecule has 0 bridgehead atoms. The molecule has 0 aliphatic rings. The number of benzene rings is 1. The molecule has 2 nitrogen and oxygen atoms in total. The maximum atomic E-state index is 6.49. The first kappa shape index (κ1) is 15.4. The molecule has 2 rings (SSSR count). The van der Waals surface area contributed by atoms with E-state index in [2.05, 4.69) is 75.4 Å². The van der Waals surface area contributed by atoms with Crippen molar-refractivity contribution in [2.24, 2.45) is 7.05 Å². The number of hydrogen-bond acceptors (Lipinski definition) is 2. The summed E-state index contributed by atoms with van der Waals surface area (Å²) in [4.78, 5) is 1.36. The number of aromatic nitrogens is 1. The summed E-state index contributed by atoms with van der Waals surface area (Å²) in [6.45, 7) is 11.1. The van der Waals surface area contributed by atoms with Crippen LogP contribution in [0.2, 0.25) is 19.6 Å². The quantitative estimate of drug-likeness (QED) is 0.611. The van der Waals surface area contributed by atoms with Crippen LogP contribution in [0.15, 0.2) is 30.3 Å². The van der Waals surface area contributed by atoms with Gasteiger partial charge in [-0.05, 0) is 32.1 Å². The highest BCUT2D eigenvalue weighted by Gasteiger charge is 2.32. The number of hydrogen-bond donors (Lipinski definition) is 0. The fourth-order valence-corrected chi connectivity index (χ4v) is 4.38. The first-order valence-corrected chi connectivity index (χ1v) is 11.2. The van der Waals surface area contributed by atoms with Crippen LogP contribution in [0.5, 0.6) is 0 Å². The van der Waals surface area contributed by atoms with E-state index in [-0.39, 0.29) is 6.10 Å². The normalized spacial score (nSPS) is 13.5. The molecule has 1 aromatic carbocycles. The van der Waals surface area contributed by atoms with E-state index in [1.165, 1.54) is 21.1 Å². The van der Waals surface area contributed by atoms with Crippen molar-refractivity contribution in [3.05, 3.63) is 51.5 Å². The second-order valence-corrected chi connectivity index (χ2v) is 11.9. The molecule has 20 heavy (non-hydrogen) atoms. The summed E-state index contributed by atoms with van der Waals surface area (Å²) in [5, 5.41) is 1.29. The first-order valence-electron chi connectivity index (χ1n) is 6.98. The van der Waals surface area contributed by atoms with Crippen molar-refractivity contribution in [2.75, 3.05) is 0 Å². The van der Waals surface area contributed by atoms with Gasteiger partial charge >= 0.3 is 0 Å². The monoisotopic (exact) mass is 306 g/mol. The third-order valence-corrected chi connectivity index (χ3v) is 5.64. The van der Waals surface area contributed by atoms with Crippen molar-refractivity contribution in [2.45, 2.75) is 39.6 Å². The maximum absolute atomic E-state index is 6.49. The zero-order valence-electron chi connectivity index (χ0n) is 13.2. The molecular weight excluding hydrogens is 282 g/mol. The van der Waals surface area contributed by atoms with Crippen LogP contribution in [-0.2, 0) is 11.5 Å². The minimum atomic E-state index is -1.62. The van der Waals surface area contributed by atoms with Gasteiger partial charge < -0.3 is 4.43 Å². The van der Waals surface area contributed by atoms with E-state index < -0.39 is 8.32 Å². The highest BCUT2D eigenvalue weighted by molar-refractivity contribution is 7.11. The summed E-state index contributed by atoms with van der Waals surface area (Å²) in [6.07, 6.45) is 0.0465. The molecule has 0 saturated heterocycles. The van der Waals surface area contributed by atoms with Crippen LogP contribution >= 0.6 is 11.3 Å². The third-order valence-electron chi connectivity index (χ3n) is 3.40. The van der Waals surface area contributed by atoms with Gasteiger partial charge in [-0.1, -0.05) is 41.7 Å². The summed E-state index contributed by atoms with van der Waals surface area (Å²) in [5.41, 5.74) is 2.57. The molecule has 1 aromatic heterocycles. The molecule has 1 heterocycles. The summed E-state index contributed by atoms with van der Waals surface area (Å²) in [6, 6.07) is 10.6. The summed E-state index contributed by atoms with van der Waals surface area (Å²) < 4.78 is 8.76. The lowest BCUT2D eigenvalue weighted by atomic mass is 10.1. The molecular formula is C16H24NOSSi+. The molecule has 2 aromatic rings. The Morgan fingerprint density at radius 2 is 1.70 bits per heavy atom. The molecule has 0 aliphatic heterocycles. The van der Waals surface area contributed by atoms with Crippen LogP contribution in [0.1, 0.15) is 27.2 Å². The predicted octanol–water partition coefficient (Wildman–Crippen LogP) is 4.13. The van der Waals surface area contributed by atoms with Gasteiger partial charge in [-0.25, -0.2) is 0 Å². The molecule has 0 saturated carbocycles. The zero-order chi connectivity index (χ0) is 14.9. The molecule has 1 atom stereocenters. The van der Waals surface area contributed by atoms with E-state index in [0.717, 1.165) is 0 Å². The number of aryl methyl sites for hydroxylation is 1. The highest BCUT2D eigenvalue weighted by atomic mass is 32.1. The Bertz CT molecular complexity index is 587. The van der Waals surface area contributed by atoms with Gasteiger partial charge in [-0.3, -0.25) is 0 Å². The van der Waals surface area contributed by atoms with Gasteiger partial charge in [-0.2, -0.15) is 4.57 Å². The lowest BCUT2D eigenvalue weighted by Crippen LogP contribution is -2.38. The maximum Gasteiger partial charge on any atom is 0.270 e. The smallest absolute Gasteiger partial charge is 0.270 e. The molecule has 0 spiro atoms. The Morgan fingerprint density at radius 1 is 1.10 bits per heavy atom. The fraction of sp³-hybridized carbons (Fsp3) is 0.438. The number of thiazole rings is 1. The van der Waals surface area contributed by atoms with Crippen LogP contribution in [0.25, 0.3) is 0 Å². The number of nitrogens with zero attached hydrogens (tertiary/aromatic N) is 1. The summed E-state index contributed by atoms with van der Waals surface area (Å²) in [5.74, 6) is 0. The Hall–Kier alpha value is -0.973. The molecule has 108 valence electrons. The van der Waals surface area contributed by atoms with E-state index >= 15 is 0 Å². The second kappa shape index (κ2) is 5.80. The van der Waals surface area contributed by atoms with Gasteiger partial charge in [0.1, 0.15) is 7.05 Å². The second-order valence-electron chi connectivity index (χ2n) is 6.16. The molecule has 4 heteroatoms. The van der Waals surface area contributed by atoms with E-state index in [9.17, 15) is 0 Å². The van der Waals surface area contributed by atoms with Crippen LogP contribution in [0.3, 0.4) is 0 Å². The van der Waals surface area contributed by atoms with Crippen LogP contribution in [0.4, 0.5) is 0 Å². The van der Waals surface area contributed by atoms with E-state index in [1.807, 2.05) is 11.3 Å². The van der Waals surface area contributed by atoms with Crippen LogP contribution in [0, 0.1) is 13.8 Å². The Morgan fingerprint density at radius 3 is 2.15 bits per heavy atom. The number of rotatable bonds is 4. The lowest BCUT2D eigenvalue weighted by molar-refractivity contribution is -0.682. The largest absolute Gasteiger partial charge is 0.401 e. The van der Waals surface area contributed by atoms with Crippen LogP contribution < -0.4 is 4.57 Å². The van der Waals surface area contributed by atoms with Crippen molar-refractivity contribution in [3.63, 3.8) is 0 Å². The Kier molecular flexibility index (Phi) is 4.47. The molecule has 1 unspecified atom stereocenters. The van der Waals surface area contributed by atoms with E-state index in [0.29, 0.717) is 0 Å². The van der Waals surface area contributed by atoms with Gasteiger partial charge in [-0.15, -0.1) is 0 Å². The van der Waals surface area contributed by atoms with Crippen molar-refractivity contribution in [1.29, 1.82) is 0 Å². The van der Waals surface area contributed by atoms with Crippen LogP contribution in [-0.4, -0.2) is 8.32 Å². The molecule has 0 N–H and O–H groups in total. The first-order chi connectivity index (χ1) is 9.29. The van der Waals surface area contributed by atoms with Crippen molar-refractivity contribution in [3.8, 4) is 0 Å². The zero-order valence-corrected chi connectivity index (χ0v) is 15.0. The lowest BCUT2D eigenvalue weighted by Gasteiger charge is -2.24. The minimum Gasteiger partial charge on any atom is -0.401 e. The van der Waals surface area contributed by atoms with Gasteiger partial charge in [0.2, 0.25) is 0 Å². The van der Waals surface area contributed by atoms with E-state index in [4.69, 9.17) is 4.43 Å². The SMILES string of the molecule is Cc1sc(C(O[Si](C)(C)C)c2ccccc2)[n+](C)c1C. The standard InChI is InChI=1S/C16H24NOSSi/c1-12-13(2)19-16(17(12)3)15(18-20(4,5)6)14-10-8-7-9-11-14/h7-11,15H,1-6H3/q+1. The molecule has 0 fully saturated rings. The van der Waals surface area contributed by atoms with E-state index in [1.54, 1.807) is 0 Å². The molecule has 0 aliphatic carbocycles. The Labute approximate surface area is 127 Å². The molecule has 0 radical (unpaired) electrons. The third kappa shape index (κ3) is 3.37. The van der Waals surface area contributed by atoms with Crippen molar-refractivity contribution in [1.82, 2.24) is 0 Å². The minimum absolute atomic E-state index is 0.0465. The predicted molar refractivity (Wildman–Crippen MR) is 87.7 cm³/mol. The average molecular weight is 307 g/mol. The summed E-state index contributed by atoms with van der Waals surface area (Å²) in [7, 11) is 0.513. The van der Waals surface area contributed by atoms with Gasteiger partial charge in [0.25, 0.3) is 5.01 Å².